The number of hydrogen-bond donors (Lipinski definition) is 1. The summed E-state index contributed by atoms with van der Waals surface area (Å²) in [4.78, 5) is 0. The molecular weight excluding hydrogens is 238 g/mol. The minimum atomic E-state index is -4.53. The molecule has 2 rings (SSSR count). The molecule has 1 heterocycles. The number of halogens is 4. The van der Waals surface area contributed by atoms with Crippen molar-refractivity contribution in [2.45, 2.75) is 18.7 Å². The normalized spacial score (nSPS) is 20.6. The first-order valence-electron chi connectivity index (χ1n) is 5.21. The molecule has 0 radical (unpaired) electrons. The third kappa shape index (κ3) is 2.88. The molecule has 0 amide bonds. The Morgan fingerprint density at radius 3 is 2.65 bits per heavy atom. The third-order valence-corrected chi connectivity index (χ3v) is 2.56. The number of alkyl halides is 3. The lowest BCUT2D eigenvalue weighted by molar-refractivity contribution is -0.139. The standard InChI is InChI=1S/C11H11F4NO/c12-7-1-2-9(11(13,14)15)10(5-7)17-8-3-4-16-6-8/h1-2,5,8,16H,3-4,6H2. The van der Waals surface area contributed by atoms with Crippen molar-refractivity contribution in [2.75, 3.05) is 13.1 Å². The largest absolute Gasteiger partial charge is 0.488 e. The molecule has 1 fully saturated rings. The molecule has 1 aromatic rings. The fourth-order valence-electron chi connectivity index (χ4n) is 1.74. The van der Waals surface area contributed by atoms with Crippen LogP contribution in [0.4, 0.5) is 17.6 Å². The molecule has 1 saturated heterocycles. The van der Waals surface area contributed by atoms with Gasteiger partial charge < -0.3 is 10.1 Å². The summed E-state index contributed by atoms with van der Waals surface area (Å²) in [6.07, 6.45) is -4.25. The van der Waals surface area contributed by atoms with E-state index in [2.05, 4.69) is 5.32 Å². The van der Waals surface area contributed by atoms with Crippen LogP contribution in [0.1, 0.15) is 12.0 Å². The van der Waals surface area contributed by atoms with Gasteiger partial charge in [-0.2, -0.15) is 13.2 Å². The van der Waals surface area contributed by atoms with E-state index in [0.717, 1.165) is 12.1 Å². The summed E-state index contributed by atoms with van der Waals surface area (Å²) in [6.45, 7) is 1.18. The lowest BCUT2D eigenvalue weighted by Gasteiger charge is -2.17. The lowest BCUT2D eigenvalue weighted by atomic mass is 10.2. The van der Waals surface area contributed by atoms with Gasteiger partial charge in [-0.25, -0.2) is 4.39 Å². The van der Waals surface area contributed by atoms with Crippen LogP contribution in [0.3, 0.4) is 0 Å². The second-order valence-electron chi connectivity index (χ2n) is 3.87. The number of ether oxygens (including phenoxy) is 1. The number of rotatable bonds is 2. The van der Waals surface area contributed by atoms with E-state index in [0.29, 0.717) is 25.6 Å². The minimum Gasteiger partial charge on any atom is -0.488 e. The smallest absolute Gasteiger partial charge is 0.419 e. The molecule has 6 heteroatoms. The fourth-order valence-corrected chi connectivity index (χ4v) is 1.74. The summed E-state index contributed by atoms with van der Waals surface area (Å²) in [7, 11) is 0. The van der Waals surface area contributed by atoms with Gasteiger partial charge in [0.2, 0.25) is 0 Å². The van der Waals surface area contributed by atoms with Gasteiger partial charge >= 0.3 is 6.18 Å². The van der Waals surface area contributed by atoms with Crippen molar-refractivity contribution >= 4 is 0 Å². The maximum absolute atomic E-state index is 12.9. The zero-order valence-corrected chi connectivity index (χ0v) is 8.85. The van der Waals surface area contributed by atoms with Gasteiger partial charge in [-0.15, -0.1) is 0 Å². The Morgan fingerprint density at radius 2 is 2.06 bits per heavy atom. The monoisotopic (exact) mass is 249 g/mol. The molecular formula is C11H11F4NO. The Bertz CT molecular complexity index is 399. The van der Waals surface area contributed by atoms with Gasteiger partial charge in [0.05, 0.1) is 5.56 Å². The summed E-state index contributed by atoms with van der Waals surface area (Å²) in [6, 6.07) is 2.26. The predicted octanol–water partition coefficient (Wildman–Crippen LogP) is 2.59. The summed E-state index contributed by atoms with van der Waals surface area (Å²) >= 11 is 0. The second-order valence-corrected chi connectivity index (χ2v) is 3.87. The van der Waals surface area contributed by atoms with E-state index in [1.54, 1.807) is 0 Å². The van der Waals surface area contributed by atoms with E-state index in [-0.39, 0.29) is 6.10 Å². The van der Waals surface area contributed by atoms with E-state index in [1.165, 1.54) is 0 Å². The molecule has 2 nitrogen and oxygen atoms in total. The Kier molecular flexibility index (Phi) is 3.24. The van der Waals surface area contributed by atoms with Gasteiger partial charge in [0.15, 0.2) is 0 Å². The highest BCUT2D eigenvalue weighted by molar-refractivity contribution is 5.36. The van der Waals surface area contributed by atoms with Crippen molar-refractivity contribution in [3.8, 4) is 5.75 Å². The van der Waals surface area contributed by atoms with E-state index in [1.807, 2.05) is 0 Å². The average Bonchev–Trinajstić information content (AvgIpc) is 2.68. The highest BCUT2D eigenvalue weighted by atomic mass is 19.4. The topological polar surface area (TPSA) is 21.3 Å². The summed E-state index contributed by atoms with van der Waals surface area (Å²) in [5.41, 5.74) is -0.939. The van der Waals surface area contributed by atoms with Crippen LogP contribution in [-0.4, -0.2) is 19.2 Å². The highest BCUT2D eigenvalue weighted by Crippen LogP contribution is 2.37. The number of nitrogens with one attached hydrogen (secondary N) is 1. The van der Waals surface area contributed by atoms with Crippen LogP contribution in [0.15, 0.2) is 18.2 Å². The van der Waals surface area contributed by atoms with Crippen LogP contribution in [-0.2, 0) is 6.18 Å². The van der Waals surface area contributed by atoms with Crippen LogP contribution < -0.4 is 10.1 Å². The molecule has 1 unspecified atom stereocenters. The Balaban J connectivity index is 2.26. The number of hydrogen-bond acceptors (Lipinski definition) is 2. The van der Waals surface area contributed by atoms with Crippen LogP contribution in [0.2, 0.25) is 0 Å². The lowest BCUT2D eigenvalue weighted by Crippen LogP contribution is -2.21. The Labute approximate surface area is 95.6 Å². The van der Waals surface area contributed by atoms with Crippen molar-refractivity contribution in [1.82, 2.24) is 5.32 Å². The molecule has 1 aliphatic heterocycles. The SMILES string of the molecule is Fc1ccc(C(F)(F)F)c(OC2CCNC2)c1. The minimum absolute atomic E-state index is 0.335. The zero-order valence-electron chi connectivity index (χ0n) is 8.85. The quantitative estimate of drug-likeness (QED) is 0.813. The van der Waals surface area contributed by atoms with Gasteiger partial charge in [0.1, 0.15) is 17.7 Å². The first-order chi connectivity index (χ1) is 7.97. The van der Waals surface area contributed by atoms with Crippen LogP contribution in [0.25, 0.3) is 0 Å². The van der Waals surface area contributed by atoms with Crippen molar-refractivity contribution in [2.24, 2.45) is 0 Å². The first kappa shape index (κ1) is 12.2. The van der Waals surface area contributed by atoms with E-state index >= 15 is 0 Å². The molecule has 17 heavy (non-hydrogen) atoms. The summed E-state index contributed by atoms with van der Waals surface area (Å²) in [5, 5.41) is 2.97. The molecule has 94 valence electrons. The van der Waals surface area contributed by atoms with Crippen LogP contribution in [0, 0.1) is 5.82 Å². The molecule has 1 N–H and O–H groups in total. The maximum Gasteiger partial charge on any atom is 0.419 e. The van der Waals surface area contributed by atoms with Crippen LogP contribution >= 0.6 is 0 Å². The molecule has 0 bridgehead atoms. The van der Waals surface area contributed by atoms with Gasteiger partial charge in [0, 0.05) is 12.6 Å². The van der Waals surface area contributed by atoms with E-state index in [9.17, 15) is 17.6 Å². The van der Waals surface area contributed by atoms with Crippen molar-refractivity contribution in [3.63, 3.8) is 0 Å². The van der Waals surface area contributed by atoms with Gasteiger partial charge in [-0.05, 0) is 25.1 Å². The maximum atomic E-state index is 12.9. The predicted molar refractivity (Wildman–Crippen MR) is 53.3 cm³/mol. The molecule has 0 aliphatic carbocycles. The van der Waals surface area contributed by atoms with Crippen molar-refractivity contribution in [3.05, 3.63) is 29.6 Å². The van der Waals surface area contributed by atoms with Crippen molar-refractivity contribution in [1.29, 1.82) is 0 Å². The Morgan fingerprint density at radius 1 is 1.29 bits per heavy atom. The number of benzene rings is 1. The van der Waals surface area contributed by atoms with Crippen molar-refractivity contribution < 1.29 is 22.3 Å². The molecule has 0 aromatic heterocycles. The molecule has 0 spiro atoms. The van der Waals surface area contributed by atoms with Gasteiger partial charge in [-0.1, -0.05) is 0 Å². The summed E-state index contributed by atoms with van der Waals surface area (Å²) in [5.74, 6) is -1.18. The molecule has 1 aromatic carbocycles. The van der Waals surface area contributed by atoms with Gasteiger partial charge in [-0.3, -0.25) is 0 Å². The summed E-state index contributed by atoms with van der Waals surface area (Å²) < 4.78 is 56.0. The first-order valence-corrected chi connectivity index (χ1v) is 5.21. The van der Waals surface area contributed by atoms with E-state index in [4.69, 9.17) is 4.74 Å². The fraction of sp³-hybridized carbons (Fsp3) is 0.455. The Hall–Kier alpha value is -1.30. The van der Waals surface area contributed by atoms with E-state index < -0.39 is 23.3 Å². The zero-order chi connectivity index (χ0) is 12.5. The molecule has 0 saturated carbocycles. The third-order valence-electron chi connectivity index (χ3n) is 2.56. The molecule has 1 aliphatic rings. The average molecular weight is 249 g/mol. The molecule has 1 atom stereocenters. The van der Waals surface area contributed by atoms with Gasteiger partial charge in [0.25, 0.3) is 0 Å². The second kappa shape index (κ2) is 4.52. The highest BCUT2D eigenvalue weighted by Gasteiger charge is 2.35. The van der Waals surface area contributed by atoms with Crippen LogP contribution in [0.5, 0.6) is 5.75 Å².